The number of ether oxygens (including phenoxy) is 1. The van der Waals surface area contributed by atoms with Crippen LogP contribution in [-0.2, 0) is 4.74 Å². The summed E-state index contributed by atoms with van der Waals surface area (Å²) in [7, 11) is 0. The molecule has 3 aromatic rings. The van der Waals surface area contributed by atoms with Crippen molar-refractivity contribution in [3.63, 3.8) is 0 Å². The first kappa shape index (κ1) is 18.0. The average Bonchev–Trinajstić information content (AvgIpc) is 2.65. The Morgan fingerprint density at radius 3 is 2.38 bits per heavy atom. The Morgan fingerprint density at radius 1 is 1.12 bits per heavy atom. The number of rotatable bonds is 4. The van der Waals surface area contributed by atoms with Crippen molar-refractivity contribution in [2.24, 2.45) is 0 Å². The highest BCUT2D eigenvalue weighted by molar-refractivity contribution is 6.30. The smallest absolute Gasteiger partial charge is 0.340 e. The van der Waals surface area contributed by atoms with Gasteiger partial charge in [0.1, 0.15) is 5.49 Å². The van der Waals surface area contributed by atoms with E-state index in [2.05, 4.69) is 0 Å². The van der Waals surface area contributed by atoms with E-state index in [1.807, 2.05) is 49.4 Å². The lowest BCUT2D eigenvalue weighted by Gasteiger charge is -2.17. The number of carbonyl (C=O) groups is 1. The standard InChI is InChI=1S/C21H19ClN2O2/c1-3-26-21(25)18-13-24(17-11-9-16(22)10-12-17)20(23)14(2)19(18)15-7-5-4-6-8-15/h4-13,23H,3H2,1-2H3. The second kappa shape index (κ2) is 7.58. The topological polar surface area (TPSA) is 55.1 Å². The molecule has 0 aliphatic carbocycles. The van der Waals surface area contributed by atoms with Crippen LogP contribution in [-0.4, -0.2) is 17.1 Å². The van der Waals surface area contributed by atoms with E-state index in [0.717, 1.165) is 16.8 Å². The van der Waals surface area contributed by atoms with Gasteiger partial charge in [0.25, 0.3) is 0 Å². The predicted molar refractivity (Wildman–Crippen MR) is 103 cm³/mol. The van der Waals surface area contributed by atoms with Crippen molar-refractivity contribution in [1.29, 1.82) is 5.41 Å². The molecule has 0 saturated heterocycles. The first-order valence-corrected chi connectivity index (χ1v) is 8.70. The molecule has 1 N–H and O–H groups in total. The van der Waals surface area contributed by atoms with Gasteiger partial charge in [-0.2, -0.15) is 0 Å². The average molecular weight is 367 g/mol. The number of esters is 1. The number of nitrogens with one attached hydrogen (secondary N) is 1. The zero-order valence-corrected chi connectivity index (χ0v) is 15.4. The maximum atomic E-state index is 12.6. The van der Waals surface area contributed by atoms with Crippen molar-refractivity contribution in [3.8, 4) is 16.8 Å². The van der Waals surface area contributed by atoms with Crippen LogP contribution >= 0.6 is 11.6 Å². The number of carbonyl (C=O) groups excluding carboxylic acids is 1. The summed E-state index contributed by atoms with van der Waals surface area (Å²) >= 11 is 5.97. The second-order valence-corrected chi connectivity index (χ2v) is 6.26. The van der Waals surface area contributed by atoms with Gasteiger partial charge in [0.2, 0.25) is 0 Å². The molecule has 1 heterocycles. The molecule has 26 heavy (non-hydrogen) atoms. The van der Waals surface area contributed by atoms with Gasteiger partial charge >= 0.3 is 5.97 Å². The van der Waals surface area contributed by atoms with Crippen molar-refractivity contribution in [3.05, 3.63) is 82.4 Å². The van der Waals surface area contributed by atoms with Crippen LogP contribution in [0.1, 0.15) is 22.8 Å². The molecule has 0 spiro atoms. The largest absolute Gasteiger partial charge is 0.462 e. The highest BCUT2D eigenvalue weighted by Crippen LogP contribution is 2.27. The van der Waals surface area contributed by atoms with Crippen molar-refractivity contribution >= 4 is 17.6 Å². The Hall–Kier alpha value is -2.85. The molecule has 0 radical (unpaired) electrons. The molecule has 4 nitrogen and oxygen atoms in total. The van der Waals surface area contributed by atoms with Gasteiger partial charge in [0.15, 0.2) is 0 Å². The molecule has 0 fully saturated rings. The summed E-state index contributed by atoms with van der Waals surface area (Å²) in [5, 5.41) is 9.21. The quantitative estimate of drug-likeness (QED) is 0.676. The normalized spacial score (nSPS) is 10.6. The van der Waals surface area contributed by atoms with E-state index in [4.69, 9.17) is 21.7 Å². The minimum Gasteiger partial charge on any atom is -0.462 e. The molecule has 0 atom stereocenters. The van der Waals surface area contributed by atoms with Gasteiger partial charge < -0.3 is 9.30 Å². The van der Waals surface area contributed by atoms with E-state index in [-0.39, 0.29) is 6.61 Å². The number of hydrogen-bond donors (Lipinski definition) is 1. The third-order valence-corrected chi connectivity index (χ3v) is 4.41. The summed E-state index contributed by atoms with van der Waals surface area (Å²) in [6.07, 6.45) is 1.67. The monoisotopic (exact) mass is 366 g/mol. The lowest BCUT2D eigenvalue weighted by Crippen LogP contribution is -2.24. The van der Waals surface area contributed by atoms with E-state index in [1.54, 1.807) is 29.8 Å². The van der Waals surface area contributed by atoms with Crippen LogP contribution in [0.15, 0.2) is 60.8 Å². The van der Waals surface area contributed by atoms with Gasteiger partial charge in [0, 0.05) is 28.0 Å². The number of hydrogen-bond acceptors (Lipinski definition) is 3. The van der Waals surface area contributed by atoms with E-state index in [9.17, 15) is 4.79 Å². The summed E-state index contributed by atoms with van der Waals surface area (Å²) < 4.78 is 6.93. The SMILES string of the molecule is CCOC(=O)c1cn(-c2ccc(Cl)cc2)c(=N)c(C)c1-c1ccccc1. The fourth-order valence-electron chi connectivity index (χ4n) is 2.91. The Labute approximate surface area is 157 Å². The van der Waals surface area contributed by atoms with E-state index in [1.165, 1.54) is 0 Å². The van der Waals surface area contributed by atoms with Crippen LogP contribution in [0.2, 0.25) is 5.02 Å². The van der Waals surface area contributed by atoms with Gasteiger partial charge in [-0.3, -0.25) is 5.41 Å². The van der Waals surface area contributed by atoms with Crippen LogP contribution in [0.25, 0.3) is 16.8 Å². The molecule has 0 bridgehead atoms. The van der Waals surface area contributed by atoms with Crippen molar-refractivity contribution < 1.29 is 9.53 Å². The highest BCUT2D eigenvalue weighted by Gasteiger charge is 2.19. The molecular formula is C21H19ClN2O2. The molecule has 2 aromatic carbocycles. The molecule has 0 aliphatic heterocycles. The fourth-order valence-corrected chi connectivity index (χ4v) is 3.03. The van der Waals surface area contributed by atoms with E-state index in [0.29, 0.717) is 21.6 Å². The zero-order chi connectivity index (χ0) is 18.7. The van der Waals surface area contributed by atoms with Gasteiger partial charge in [-0.25, -0.2) is 4.79 Å². The number of pyridine rings is 1. The minimum atomic E-state index is -0.405. The lowest BCUT2D eigenvalue weighted by atomic mass is 9.96. The predicted octanol–water partition coefficient (Wildman–Crippen LogP) is 4.76. The molecular weight excluding hydrogens is 348 g/mol. The zero-order valence-electron chi connectivity index (χ0n) is 14.6. The molecule has 5 heteroatoms. The molecule has 1 aromatic heterocycles. The third-order valence-electron chi connectivity index (χ3n) is 4.16. The first-order chi connectivity index (χ1) is 12.5. The van der Waals surface area contributed by atoms with E-state index < -0.39 is 5.97 Å². The van der Waals surface area contributed by atoms with Gasteiger partial charge in [-0.05, 0) is 43.7 Å². The van der Waals surface area contributed by atoms with Crippen LogP contribution in [0.4, 0.5) is 0 Å². The molecule has 3 rings (SSSR count). The summed E-state index contributed by atoms with van der Waals surface area (Å²) in [5.74, 6) is -0.405. The molecule has 0 amide bonds. The third kappa shape index (κ3) is 3.41. The Balaban J connectivity index is 2.29. The van der Waals surface area contributed by atoms with Crippen molar-refractivity contribution in [1.82, 2.24) is 4.57 Å². The van der Waals surface area contributed by atoms with Crippen LogP contribution < -0.4 is 5.49 Å². The van der Waals surface area contributed by atoms with Crippen LogP contribution in [0.3, 0.4) is 0 Å². The Morgan fingerprint density at radius 2 is 1.77 bits per heavy atom. The van der Waals surface area contributed by atoms with Crippen molar-refractivity contribution in [2.45, 2.75) is 13.8 Å². The van der Waals surface area contributed by atoms with Crippen LogP contribution in [0.5, 0.6) is 0 Å². The summed E-state index contributed by atoms with van der Waals surface area (Å²) in [5.41, 5.74) is 3.80. The first-order valence-electron chi connectivity index (χ1n) is 8.32. The summed E-state index contributed by atoms with van der Waals surface area (Å²) in [6, 6.07) is 16.7. The molecule has 132 valence electrons. The van der Waals surface area contributed by atoms with Gasteiger partial charge in [0.05, 0.1) is 12.2 Å². The number of aromatic nitrogens is 1. The Bertz CT molecular complexity index is 993. The van der Waals surface area contributed by atoms with Gasteiger partial charge in [-0.1, -0.05) is 41.9 Å². The lowest BCUT2D eigenvalue weighted by molar-refractivity contribution is 0.0526. The molecule has 0 saturated carbocycles. The molecule has 0 unspecified atom stereocenters. The maximum Gasteiger partial charge on any atom is 0.340 e. The van der Waals surface area contributed by atoms with E-state index >= 15 is 0 Å². The number of nitrogens with zero attached hydrogens (tertiary/aromatic N) is 1. The second-order valence-electron chi connectivity index (χ2n) is 5.82. The minimum absolute atomic E-state index is 0.287. The maximum absolute atomic E-state index is 12.6. The highest BCUT2D eigenvalue weighted by atomic mass is 35.5. The number of halogens is 1. The Kier molecular flexibility index (Phi) is 5.24. The fraction of sp³-hybridized carbons (Fsp3) is 0.143. The summed E-state index contributed by atoms with van der Waals surface area (Å²) in [4.78, 5) is 12.6. The van der Waals surface area contributed by atoms with Crippen LogP contribution in [0, 0.1) is 12.3 Å². The summed E-state index contributed by atoms with van der Waals surface area (Å²) in [6.45, 7) is 3.91. The molecule has 0 aliphatic rings. The van der Waals surface area contributed by atoms with Gasteiger partial charge in [-0.15, -0.1) is 0 Å². The number of benzene rings is 2. The van der Waals surface area contributed by atoms with Crippen molar-refractivity contribution in [2.75, 3.05) is 6.61 Å².